The topological polar surface area (TPSA) is 0 Å². The van der Waals surface area contributed by atoms with Gasteiger partial charge in [-0.2, -0.15) is 0 Å². The molecule has 0 atom stereocenters. The summed E-state index contributed by atoms with van der Waals surface area (Å²) in [6, 6.07) is 30.0. The van der Waals surface area contributed by atoms with Gasteiger partial charge < -0.3 is 0 Å². The predicted molar refractivity (Wildman–Crippen MR) is 149 cm³/mol. The third-order valence-corrected chi connectivity index (χ3v) is 8.62. The fourth-order valence-electron chi connectivity index (χ4n) is 7.13. The van der Waals surface area contributed by atoms with E-state index in [4.69, 9.17) is 0 Å². The van der Waals surface area contributed by atoms with E-state index in [0.29, 0.717) is 0 Å². The van der Waals surface area contributed by atoms with Gasteiger partial charge in [0.2, 0.25) is 0 Å². The van der Waals surface area contributed by atoms with Crippen LogP contribution in [-0.4, -0.2) is 0 Å². The number of rotatable bonds is 1. The third kappa shape index (κ3) is 2.80. The Morgan fingerprint density at radius 3 is 1.89 bits per heavy atom. The summed E-state index contributed by atoms with van der Waals surface area (Å²) in [5, 5.41) is 0. The molecule has 0 amide bonds. The van der Waals surface area contributed by atoms with Gasteiger partial charge in [0.25, 0.3) is 0 Å². The number of fused-ring (bicyclic) bond motifs is 7. The lowest BCUT2D eigenvalue weighted by Gasteiger charge is -2.29. The average molecular weight is 453 g/mol. The number of allylic oxidation sites excluding steroid dienone is 2. The zero-order valence-electron chi connectivity index (χ0n) is 21.4. The van der Waals surface area contributed by atoms with Gasteiger partial charge in [0.15, 0.2) is 0 Å². The van der Waals surface area contributed by atoms with E-state index in [0.717, 1.165) is 12.8 Å². The first-order valence-electron chi connectivity index (χ1n) is 13.0. The first kappa shape index (κ1) is 20.9. The molecule has 172 valence electrons. The largest absolute Gasteiger partial charge is 0.0619 e. The normalized spacial score (nSPS) is 16.6. The Labute approximate surface area is 209 Å². The molecule has 35 heavy (non-hydrogen) atoms. The number of hydrogen-bond acceptors (Lipinski definition) is 0. The lowest BCUT2D eigenvalue weighted by Crippen LogP contribution is -2.18. The average Bonchev–Trinajstić information content (AvgIpc) is 3.45. The summed E-state index contributed by atoms with van der Waals surface area (Å²) in [5.41, 5.74) is 19.0. The minimum Gasteiger partial charge on any atom is -0.0619 e. The van der Waals surface area contributed by atoms with Crippen LogP contribution in [0.1, 0.15) is 73.6 Å². The summed E-state index contributed by atoms with van der Waals surface area (Å²) < 4.78 is 0. The second-order valence-electron chi connectivity index (χ2n) is 12.2. The third-order valence-electron chi connectivity index (χ3n) is 8.62. The van der Waals surface area contributed by atoms with Crippen molar-refractivity contribution in [2.24, 2.45) is 5.41 Å². The standard InChI is InChI=1S/C35H32/c1-34(2,3)32-30-20-28-23(17-21-11-6-9-14-25(21)28)19-31(30)35(4,5)33(32)27-16-10-15-26-24-13-8-7-12-22(24)18-29(26)27/h6-16,19-20H,17-18H2,1-5H3. The molecule has 0 fully saturated rings. The van der Waals surface area contributed by atoms with E-state index in [1.165, 1.54) is 72.3 Å². The molecule has 3 aliphatic rings. The highest BCUT2D eigenvalue weighted by atomic mass is 14.5. The molecular formula is C35H32. The highest BCUT2D eigenvalue weighted by Gasteiger charge is 2.44. The minimum absolute atomic E-state index is 0.0401. The van der Waals surface area contributed by atoms with E-state index in [2.05, 4.69) is 113 Å². The van der Waals surface area contributed by atoms with Crippen molar-refractivity contribution in [2.45, 2.75) is 52.9 Å². The van der Waals surface area contributed by atoms with E-state index in [1.807, 2.05) is 0 Å². The van der Waals surface area contributed by atoms with Crippen LogP contribution in [0, 0.1) is 5.41 Å². The van der Waals surface area contributed by atoms with Crippen LogP contribution in [0.15, 0.2) is 78.9 Å². The van der Waals surface area contributed by atoms with Crippen molar-refractivity contribution >= 4 is 11.1 Å². The van der Waals surface area contributed by atoms with Crippen LogP contribution in [-0.2, 0) is 18.3 Å². The molecule has 0 saturated heterocycles. The summed E-state index contributed by atoms with van der Waals surface area (Å²) in [5.74, 6) is 0. The summed E-state index contributed by atoms with van der Waals surface area (Å²) in [6.07, 6.45) is 2.07. The minimum atomic E-state index is -0.0500. The van der Waals surface area contributed by atoms with Crippen molar-refractivity contribution in [3.63, 3.8) is 0 Å². The Morgan fingerprint density at radius 1 is 0.571 bits per heavy atom. The van der Waals surface area contributed by atoms with Crippen molar-refractivity contribution < 1.29 is 0 Å². The molecule has 0 heterocycles. The summed E-state index contributed by atoms with van der Waals surface area (Å²) in [6.45, 7) is 12.1. The van der Waals surface area contributed by atoms with E-state index in [1.54, 1.807) is 0 Å². The SMILES string of the molecule is CC(C)(C)C1=C(c2cccc3c2Cc2ccccc2-3)C(C)(C)c2cc3c(cc21)-c1ccccc1C3. The molecule has 0 N–H and O–H groups in total. The van der Waals surface area contributed by atoms with Gasteiger partial charge in [0.05, 0.1) is 0 Å². The van der Waals surface area contributed by atoms with Crippen molar-refractivity contribution in [2.75, 3.05) is 0 Å². The van der Waals surface area contributed by atoms with Gasteiger partial charge in [-0.3, -0.25) is 0 Å². The lowest BCUT2D eigenvalue weighted by atomic mass is 9.74. The van der Waals surface area contributed by atoms with Crippen LogP contribution in [0.3, 0.4) is 0 Å². The predicted octanol–water partition coefficient (Wildman–Crippen LogP) is 9.08. The van der Waals surface area contributed by atoms with Crippen LogP contribution in [0.5, 0.6) is 0 Å². The molecule has 0 saturated carbocycles. The monoisotopic (exact) mass is 452 g/mol. The number of hydrogen-bond donors (Lipinski definition) is 0. The van der Waals surface area contributed by atoms with Gasteiger partial charge in [-0.05, 0) is 96.7 Å². The maximum Gasteiger partial charge on any atom is 0.0161 e. The van der Waals surface area contributed by atoms with Crippen molar-refractivity contribution in [3.05, 3.63) is 118 Å². The Kier molecular flexibility index (Phi) is 4.10. The second kappa shape index (κ2) is 6.85. The Balaban J connectivity index is 1.51. The van der Waals surface area contributed by atoms with Crippen LogP contribution in [0.4, 0.5) is 0 Å². The van der Waals surface area contributed by atoms with Gasteiger partial charge in [-0.25, -0.2) is 0 Å². The summed E-state index contributed by atoms with van der Waals surface area (Å²) in [4.78, 5) is 0. The fourth-order valence-corrected chi connectivity index (χ4v) is 7.13. The van der Waals surface area contributed by atoms with Crippen LogP contribution in [0.25, 0.3) is 33.4 Å². The van der Waals surface area contributed by atoms with E-state index < -0.39 is 0 Å². The maximum absolute atomic E-state index is 2.54. The Morgan fingerprint density at radius 2 is 1.17 bits per heavy atom. The first-order chi connectivity index (χ1) is 16.7. The van der Waals surface area contributed by atoms with E-state index in [9.17, 15) is 0 Å². The summed E-state index contributed by atoms with van der Waals surface area (Å²) in [7, 11) is 0. The maximum atomic E-state index is 2.54. The van der Waals surface area contributed by atoms with Crippen molar-refractivity contribution in [1.82, 2.24) is 0 Å². The number of benzene rings is 4. The van der Waals surface area contributed by atoms with E-state index in [-0.39, 0.29) is 10.8 Å². The van der Waals surface area contributed by atoms with Gasteiger partial charge in [0.1, 0.15) is 0 Å². The molecule has 0 aliphatic heterocycles. The second-order valence-corrected chi connectivity index (χ2v) is 12.2. The molecule has 0 bridgehead atoms. The fraction of sp³-hybridized carbons (Fsp3) is 0.257. The molecule has 0 radical (unpaired) electrons. The van der Waals surface area contributed by atoms with E-state index >= 15 is 0 Å². The Hall–Kier alpha value is -3.38. The molecule has 0 aromatic heterocycles. The van der Waals surface area contributed by atoms with Crippen molar-refractivity contribution in [1.29, 1.82) is 0 Å². The molecule has 0 heteroatoms. The summed E-state index contributed by atoms with van der Waals surface area (Å²) >= 11 is 0. The first-order valence-corrected chi connectivity index (χ1v) is 13.0. The highest BCUT2D eigenvalue weighted by Crippen LogP contribution is 2.59. The highest BCUT2D eigenvalue weighted by molar-refractivity contribution is 6.05. The van der Waals surface area contributed by atoms with Crippen LogP contribution in [0.2, 0.25) is 0 Å². The molecule has 4 aromatic carbocycles. The zero-order chi connectivity index (χ0) is 24.1. The van der Waals surface area contributed by atoms with Gasteiger partial charge >= 0.3 is 0 Å². The molecule has 0 spiro atoms. The van der Waals surface area contributed by atoms with Crippen molar-refractivity contribution in [3.8, 4) is 22.3 Å². The van der Waals surface area contributed by atoms with Gasteiger partial charge in [0, 0.05) is 5.41 Å². The molecule has 7 rings (SSSR count). The molecular weight excluding hydrogens is 420 g/mol. The van der Waals surface area contributed by atoms with Gasteiger partial charge in [-0.1, -0.05) is 107 Å². The molecule has 3 aliphatic carbocycles. The lowest BCUT2D eigenvalue weighted by molar-refractivity contribution is 0.568. The molecule has 4 aromatic rings. The van der Waals surface area contributed by atoms with Crippen LogP contribution < -0.4 is 0 Å². The zero-order valence-corrected chi connectivity index (χ0v) is 21.4. The smallest absolute Gasteiger partial charge is 0.0161 e. The molecule has 0 unspecified atom stereocenters. The van der Waals surface area contributed by atoms with Gasteiger partial charge in [-0.15, -0.1) is 0 Å². The molecule has 0 nitrogen and oxygen atoms in total. The Bertz CT molecular complexity index is 1580. The van der Waals surface area contributed by atoms with Crippen LogP contribution >= 0.6 is 0 Å². The quantitative estimate of drug-likeness (QED) is 0.233.